The van der Waals surface area contributed by atoms with Crippen LogP contribution in [0.5, 0.6) is 5.75 Å². The van der Waals surface area contributed by atoms with Crippen molar-refractivity contribution in [3.63, 3.8) is 0 Å². The zero-order valence-corrected chi connectivity index (χ0v) is 20.5. The van der Waals surface area contributed by atoms with Crippen molar-refractivity contribution in [2.24, 2.45) is 0 Å². The Balaban J connectivity index is 1.82. The number of para-hydroxylation sites is 2. The van der Waals surface area contributed by atoms with E-state index in [0.717, 1.165) is 16.7 Å². The lowest BCUT2D eigenvalue weighted by Gasteiger charge is -2.21. The third-order valence-corrected chi connectivity index (χ3v) is 6.24. The molecule has 0 unspecified atom stereocenters. The lowest BCUT2D eigenvalue weighted by molar-refractivity contribution is -0.120. The highest BCUT2D eigenvalue weighted by molar-refractivity contribution is 6.46. The Morgan fingerprint density at radius 1 is 0.824 bits per heavy atom. The maximum absolute atomic E-state index is 13.7. The van der Waals surface area contributed by atoms with E-state index in [9.17, 15) is 9.59 Å². The largest absolute Gasteiger partial charge is 0.495 e. The Bertz CT molecular complexity index is 1300. The summed E-state index contributed by atoms with van der Waals surface area (Å²) in [7, 11) is 1.57. The van der Waals surface area contributed by atoms with E-state index in [1.165, 1.54) is 4.90 Å². The summed E-state index contributed by atoms with van der Waals surface area (Å²) >= 11 is 0. The van der Waals surface area contributed by atoms with Crippen LogP contribution in [0.4, 0.5) is 11.4 Å². The number of nitrogens with one attached hydrogen (secondary N) is 1. The van der Waals surface area contributed by atoms with Gasteiger partial charge in [0.05, 0.1) is 24.1 Å². The minimum Gasteiger partial charge on any atom is -0.495 e. The van der Waals surface area contributed by atoms with Crippen LogP contribution in [0.2, 0.25) is 0 Å². The van der Waals surface area contributed by atoms with Gasteiger partial charge in [-0.15, -0.1) is 0 Å². The van der Waals surface area contributed by atoms with E-state index in [2.05, 4.69) is 26.1 Å². The van der Waals surface area contributed by atoms with Crippen LogP contribution in [0.25, 0.3) is 5.57 Å². The smallest absolute Gasteiger partial charge is 0.282 e. The summed E-state index contributed by atoms with van der Waals surface area (Å²) in [6.45, 7) is 10.4. The summed E-state index contributed by atoms with van der Waals surface area (Å²) in [5, 5.41) is 3.20. The van der Waals surface area contributed by atoms with Crippen molar-refractivity contribution in [1.29, 1.82) is 0 Å². The Hall–Kier alpha value is -3.86. The lowest BCUT2D eigenvalue weighted by Crippen LogP contribution is -2.32. The standard InChI is InChI=1S/C29H30N2O3/c1-18-11-12-20(17-19(18)2)25-26(30-23-9-7-8-10-24(23)34-6)28(33)31(27(25)32)22-15-13-21(14-16-22)29(3,4)5/h7-17,30H,1-6H3. The maximum atomic E-state index is 13.7. The van der Waals surface area contributed by atoms with Crippen LogP contribution in [-0.4, -0.2) is 18.9 Å². The molecule has 5 nitrogen and oxygen atoms in total. The van der Waals surface area contributed by atoms with Gasteiger partial charge in [-0.05, 0) is 65.8 Å². The van der Waals surface area contributed by atoms with Gasteiger partial charge in [-0.1, -0.05) is 63.2 Å². The lowest BCUT2D eigenvalue weighted by atomic mass is 9.87. The van der Waals surface area contributed by atoms with Gasteiger partial charge in [0.25, 0.3) is 11.8 Å². The molecule has 0 aliphatic carbocycles. The summed E-state index contributed by atoms with van der Waals surface area (Å²) < 4.78 is 5.46. The maximum Gasteiger partial charge on any atom is 0.282 e. The first-order chi connectivity index (χ1) is 16.1. The first-order valence-corrected chi connectivity index (χ1v) is 11.3. The van der Waals surface area contributed by atoms with Gasteiger partial charge in [-0.2, -0.15) is 0 Å². The van der Waals surface area contributed by atoms with Crippen LogP contribution in [0.3, 0.4) is 0 Å². The van der Waals surface area contributed by atoms with Crippen LogP contribution in [-0.2, 0) is 15.0 Å². The second-order valence-corrected chi connectivity index (χ2v) is 9.62. The molecule has 34 heavy (non-hydrogen) atoms. The molecule has 1 heterocycles. The van der Waals surface area contributed by atoms with Gasteiger partial charge in [-0.3, -0.25) is 9.59 Å². The van der Waals surface area contributed by atoms with Gasteiger partial charge in [-0.25, -0.2) is 4.90 Å². The minimum absolute atomic E-state index is 0.0308. The molecule has 5 heteroatoms. The zero-order chi connectivity index (χ0) is 24.6. The summed E-state index contributed by atoms with van der Waals surface area (Å²) in [6.07, 6.45) is 0. The number of carbonyl (C=O) groups is 2. The van der Waals surface area contributed by atoms with Gasteiger partial charge in [0, 0.05) is 0 Å². The fourth-order valence-electron chi connectivity index (χ4n) is 4.04. The number of imide groups is 1. The van der Waals surface area contributed by atoms with Crippen LogP contribution >= 0.6 is 0 Å². The van der Waals surface area contributed by atoms with E-state index in [1.807, 2.05) is 80.6 Å². The third-order valence-electron chi connectivity index (χ3n) is 6.24. The van der Waals surface area contributed by atoms with Crippen molar-refractivity contribution >= 4 is 28.8 Å². The number of carbonyl (C=O) groups excluding carboxylic acids is 2. The number of nitrogens with zero attached hydrogens (tertiary/aromatic N) is 1. The molecule has 4 rings (SSSR count). The predicted octanol–water partition coefficient (Wildman–Crippen LogP) is 6.01. The number of methoxy groups -OCH3 is 1. The Morgan fingerprint density at radius 3 is 2.12 bits per heavy atom. The molecule has 0 bridgehead atoms. The molecule has 1 N–H and O–H groups in total. The summed E-state index contributed by atoms with van der Waals surface area (Å²) in [4.78, 5) is 28.7. The first-order valence-electron chi connectivity index (χ1n) is 11.3. The molecule has 0 saturated carbocycles. The van der Waals surface area contributed by atoms with Gasteiger partial charge in [0.2, 0.25) is 0 Å². The topological polar surface area (TPSA) is 58.6 Å². The van der Waals surface area contributed by atoms with Crippen molar-refractivity contribution < 1.29 is 14.3 Å². The molecule has 2 amide bonds. The Kier molecular flexibility index (Phi) is 6.05. The predicted molar refractivity (Wildman–Crippen MR) is 137 cm³/mol. The van der Waals surface area contributed by atoms with Gasteiger partial charge in [0.1, 0.15) is 11.4 Å². The molecule has 1 aliphatic rings. The molecule has 3 aromatic carbocycles. The van der Waals surface area contributed by atoms with Crippen LogP contribution in [0, 0.1) is 13.8 Å². The van der Waals surface area contributed by atoms with Crippen molar-refractivity contribution in [3.8, 4) is 5.75 Å². The first kappa shape index (κ1) is 23.3. The summed E-state index contributed by atoms with van der Waals surface area (Å²) in [6, 6.07) is 20.8. The minimum atomic E-state index is -0.396. The van der Waals surface area contributed by atoms with E-state index < -0.39 is 5.91 Å². The summed E-state index contributed by atoms with van der Waals surface area (Å²) in [5.74, 6) is -0.163. The van der Waals surface area contributed by atoms with E-state index in [-0.39, 0.29) is 17.0 Å². The quantitative estimate of drug-likeness (QED) is 0.480. The SMILES string of the molecule is COc1ccccc1NC1=C(c2ccc(C)c(C)c2)C(=O)N(c2ccc(C(C)(C)C)cc2)C1=O. The van der Waals surface area contributed by atoms with Crippen molar-refractivity contribution in [2.75, 3.05) is 17.3 Å². The van der Waals surface area contributed by atoms with Gasteiger partial charge in [0.15, 0.2) is 0 Å². The van der Waals surface area contributed by atoms with E-state index in [0.29, 0.717) is 28.3 Å². The Morgan fingerprint density at radius 2 is 1.50 bits per heavy atom. The third kappa shape index (κ3) is 4.21. The molecule has 0 spiro atoms. The van der Waals surface area contributed by atoms with Crippen molar-refractivity contribution in [2.45, 2.75) is 40.0 Å². The number of anilines is 2. The van der Waals surface area contributed by atoms with Crippen molar-refractivity contribution in [3.05, 3.63) is 94.7 Å². The second-order valence-electron chi connectivity index (χ2n) is 9.62. The number of hydrogen-bond acceptors (Lipinski definition) is 4. The number of ether oxygens (including phenoxy) is 1. The zero-order valence-electron chi connectivity index (χ0n) is 20.5. The highest BCUT2D eigenvalue weighted by atomic mass is 16.5. The molecule has 174 valence electrons. The molecular formula is C29H30N2O3. The van der Waals surface area contributed by atoms with Crippen LogP contribution in [0.1, 0.15) is 43.0 Å². The average Bonchev–Trinajstić information content (AvgIpc) is 3.05. The molecule has 0 saturated heterocycles. The molecule has 1 aliphatic heterocycles. The molecular weight excluding hydrogens is 424 g/mol. The van der Waals surface area contributed by atoms with Gasteiger partial charge < -0.3 is 10.1 Å². The highest BCUT2D eigenvalue weighted by Crippen LogP contribution is 2.36. The second kappa shape index (κ2) is 8.82. The molecule has 0 fully saturated rings. The number of amides is 2. The number of benzene rings is 3. The molecule has 3 aromatic rings. The van der Waals surface area contributed by atoms with Gasteiger partial charge >= 0.3 is 0 Å². The number of hydrogen-bond donors (Lipinski definition) is 1. The molecule has 0 atom stereocenters. The van der Waals surface area contributed by atoms with E-state index in [1.54, 1.807) is 7.11 Å². The van der Waals surface area contributed by atoms with Crippen molar-refractivity contribution in [1.82, 2.24) is 0 Å². The fraction of sp³-hybridized carbons (Fsp3) is 0.241. The van der Waals surface area contributed by atoms with E-state index >= 15 is 0 Å². The van der Waals surface area contributed by atoms with Crippen LogP contribution in [0.15, 0.2) is 72.4 Å². The molecule has 0 aromatic heterocycles. The molecule has 0 radical (unpaired) electrons. The van der Waals surface area contributed by atoms with E-state index in [4.69, 9.17) is 4.74 Å². The number of aryl methyl sites for hydroxylation is 2. The number of rotatable bonds is 5. The summed E-state index contributed by atoms with van der Waals surface area (Å²) in [5.41, 5.74) is 5.71. The Labute approximate surface area is 201 Å². The fourth-order valence-corrected chi connectivity index (χ4v) is 4.04. The monoisotopic (exact) mass is 454 g/mol. The highest BCUT2D eigenvalue weighted by Gasteiger charge is 2.40. The van der Waals surface area contributed by atoms with Crippen LogP contribution < -0.4 is 15.0 Å². The average molecular weight is 455 g/mol. The normalized spacial score (nSPS) is 14.1.